The van der Waals surface area contributed by atoms with Gasteiger partial charge in [-0.25, -0.2) is 0 Å². The van der Waals surface area contributed by atoms with Gasteiger partial charge in [0.15, 0.2) is 0 Å². The zero-order chi connectivity index (χ0) is 36.3. The van der Waals surface area contributed by atoms with E-state index in [2.05, 4.69) is 205 Å². The fourth-order valence-electron chi connectivity index (χ4n) is 8.65. The van der Waals surface area contributed by atoms with Crippen molar-refractivity contribution in [1.29, 1.82) is 0 Å². The summed E-state index contributed by atoms with van der Waals surface area (Å²) in [5, 5.41) is 5.11. The quantitative estimate of drug-likeness (QED) is 0.170. The Labute approximate surface area is 324 Å². The largest absolute Gasteiger partial charge is 0.456 e. The van der Waals surface area contributed by atoms with Gasteiger partial charge in [0, 0.05) is 43.8 Å². The van der Waals surface area contributed by atoms with E-state index < -0.39 is 0 Å². The van der Waals surface area contributed by atoms with Gasteiger partial charge in [-0.05, 0) is 86.6 Å². The van der Waals surface area contributed by atoms with Crippen molar-refractivity contribution in [2.24, 2.45) is 0 Å². The number of furan rings is 1. The maximum Gasteiger partial charge on any atom is 0.136 e. The molecule has 1 aliphatic heterocycles. The highest BCUT2D eigenvalue weighted by Gasteiger charge is 2.33. The lowest BCUT2D eigenvalue weighted by Crippen LogP contribution is -2.11. The molecule has 0 saturated carbocycles. The fourth-order valence-corrected chi connectivity index (χ4v) is 10.1. The summed E-state index contributed by atoms with van der Waals surface area (Å²) < 4.78 is 6.64. The van der Waals surface area contributed by atoms with Crippen LogP contribution < -0.4 is 4.90 Å². The first-order chi connectivity index (χ1) is 27.3. The second kappa shape index (κ2) is 13.1. The number of nitrogens with zero attached hydrogens (tertiary/aromatic N) is 1. The smallest absolute Gasteiger partial charge is 0.136 e. The Kier molecular flexibility index (Phi) is 7.60. The lowest BCUT2D eigenvalue weighted by atomic mass is 9.90. The van der Waals surface area contributed by atoms with Crippen molar-refractivity contribution in [2.75, 3.05) is 4.90 Å². The van der Waals surface area contributed by atoms with Crippen LogP contribution in [0.4, 0.5) is 17.1 Å². The van der Waals surface area contributed by atoms with E-state index in [1.165, 1.54) is 43.5 Å². The summed E-state index contributed by atoms with van der Waals surface area (Å²) in [6.07, 6.45) is 9.07. The molecule has 0 saturated heterocycles. The van der Waals surface area contributed by atoms with E-state index in [1.54, 1.807) is 0 Å². The zero-order valence-electron chi connectivity index (χ0n) is 30.0. The minimum atomic E-state index is 0.431. The van der Waals surface area contributed by atoms with Gasteiger partial charge in [-0.15, -0.1) is 11.8 Å². The molecule has 2 nitrogen and oxygen atoms in total. The van der Waals surface area contributed by atoms with Crippen LogP contribution >= 0.6 is 11.8 Å². The van der Waals surface area contributed by atoms with Gasteiger partial charge in [0.2, 0.25) is 0 Å². The first-order valence-corrected chi connectivity index (χ1v) is 19.8. The monoisotopic (exact) mass is 721 g/mol. The molecule has 0 spiro atoms. The van der Waals surface area contributed by atoms with Gasteiger partial charge in [-0.3, -0.25) is 0 Å². The average Bonchev–Trinajstić information content (AvgIpc) is 3.84. The van der Waals surface area contributed by atoms with E-state index in [9.17, 15) is 0 Å². The van der Waals surface area contributed by atoms with Crippen LogP contribution in [0.1, 0.15) is 11.5 Å². The van der Waals surface area contributed by atoms with Gasteiger partial charge in [0.05, 0.1) is 5.69 Å². The maximum atomic E-state index is 6.64. The molecule has 55 heavy (non-hydrogen) atoms. The number of hydrogen-bond donors (Lipinski definition) is 0. The maximum absolute atomic E-state index is 6.64. The first-order valence-electron chi connectivity index (χ1n) is 18.9. The van der Waals surface area contributed by atoms with Crippen LogP contribution in [0.2, 0.25) is 0 Å². The molecule has 2 atom stereocenters. The molecule has 0 fully saturated rings. The topological polar surface area (TPSA) is 16.4 Å². The number of allylic oxidation sites excluding steroid dienone is 3. The van der Waals surface area contributed by atoms with Crippen LogP contribution in [0.5, 0.6) is 0 Å². The van der Waals surface area contributed by atoms with Crippen molar-refractivity contribution in [1.82, 2.24) is 0 Å². The SMILES string of the molecule is C1=CC2Sc3c(-c4ccc(N(c5ccc(-c6ccccc6)cc5)c5ccc6oc7ccc8ccccc8c7c6c5-c5ccccc5)cc4)cccc3C2C=C1. The molecule has 0 amide bonds. The average molecular weight is 722 g/mol. The second-order valence-corrected chi connectivity index (χ2v) is 15.5. The van der Waals surface area contributed by atoms with E-state index in [-0.39, 0.29) is 0 Å². The Morgan fingerprint density at radius 2 is 1.11 bits per heavy atom. The molecule has 0 bridgehead atoms. The normalized spacial score (nSPS) is 15.8. The van der Waals surface area contributed by atoms with Crippen LogP contribution in [-0.2, 0) is 0 Å². The molecule has 0 N–H and O–H groups in total. The van der Waals surface area contributed by atoms with Crippen LogP contribution in [0, 0.1) is 0 Å². The number of rotatable bonds is 6. The highest BCUT2D eigenvalue weighted by atomic mass is 32.2. The number of anilines is 3. The van der Waals surface area contributed by atoms with Crippen LogP contribution in [0.25, 0.3) is 66.1 Å². The predicted octanol–water partition coefficient (Wildman–Crippen LogP) is 14.9. The van der Waals surface area contributed by atoms with Gasteiger partial charge in [-0.1, -0.05) is 158 Å². The Bertz CT molecular complexity index is 2940. The molecule has 1 aromatic heterocycles. The highest BCUT2D eigenvalue weighted by molar-refractivity contribution is 8.00. The third-order valence-corrected chi connectivity index (χ3v) is 12.6. The van der Waals surface area contributed by atoms with Crippen molar-refractivity contribution in [2.45, 2.75) is 16.1 Å². The fraction of sp³-hybridized carbons (Fsp3) is 0.0385. The molecule has 260 valence electrons. The van der Waals surface area contributed by atoms with Crippen molar-refractivity contribution in [3.05, 3.63) is 206 Å². The number of thioether (sulfide) groups is 1. The molecule has 3 heteroatoms. The molecule has 2 heterocycles. The number of benzene rings is 8. The molecular formula is C52H35NOS. The summed E-state index contributed by atoms with van der Waals surface area (Å²) in [5.41, 5.74) is 13.7. The van der Waals surface area contributed by atoms with Gasteiger partial charge >= 0.3 is 0 Å². The van der Waals surface area contributed by atoms with E-state index in [1.807, 2.05) is 11.8 Å². The third-order valence-electron chi connectivity index (χ3n) is 11.2. The summed E-state index contributed by atoms with van der Waals surface area (Å²) in [5.74, 6) is 0.431. The molecule has 11 rings (SSSR count). The van der Waals surface area contributed by atoms with Crippen molar-refractivity contribution in [3.63, 3.8) is 0 Å². The lowest BCUT2D eigenvalue weighted by Gasteiger charge is -2.29. The van der Waals surface area contributed by atoms with Crippen LogP contribution in [-0.4, -0.2) is 5.25 Å². The Morgan fingerprint density at radius 1 is 0.473 bits per heavy atom. The Hall–Kier alpha value is -6.55. The molecule has 2 unspecified atom stereocenters. The molecule has 2 aliphatic rings. The highest BCUT2D eigenvalue weighted by Crippen LogP contribution is 2.52. The third kappa shape index (κ3) is 5.34. The standard InChI is InChI=1S/C52H35NOS/c1-3-12-34(13-4-1)35-22-27-39(28-23-35)53(40-29-24-37(25-30-40)42-19-11-20-44-43-18-9-10-21-48(43)55-52(42)44)45-31-33-47-51(49(45)38-15-5-2-6-16-38)50-41-17-8-7-14-36(41)26-32-46(50)54-47/h1-33,43,48H. The van der Waals surface area contributed by atoms with Gasteiger partial charge in [-0.2, -0.15) is 0 Å². The van der Waals surface area contributed by atoms with Crippen molar-refractivity contribution < 1.29 is 4.42 Å². The van der Waals surface area contributed by atoms with Gasteiger partial charge < -0.3 is 9.32 Å². The summed E-state index contributed by atoms with van der Waals surface area (Å²) in [4.78, 5) is 3.81. The van der Waals surface area contributed by atoms with Gasteiger partial charge in [0.25, 0.3) is 0 Å². The number of hydrogen-bond acceptors (Lipinski definition) is 3. The molecule has 1 aliphatic carbocycles. The predicted molar refractivity (Wildman–Crippen MR) is 233 cm³/mol. The van der Waals surface area contributed by atoms with Crippen molar-refractivity contribution >= 4 is 61.5 Å². The molecule has 9 aromatic rings. The Morgan fingerprint density at radius 3 is 1.89 bits per heavy atom. The number of fused-ring (bicyclic) bond motifs is 8. The lowest BCUT2D eigenvalue weighted by molar-refractivity contribution is 0.669. The van der Waals surface area contributed by atoms with Gasteiger partial charge in [0.1, 0.15) is 11.2 Å². The van der Waals surface area contributed by atoms with E-state index in [4.69, 9.17) is 4.42 Å². The molecular weight excluding hydrogens is 687 g/mol. The van der Waals surface area contributed by atoms with E-state index in [0.717, 1.165) is 50.1 Å². The Balaban J connectivity index is 1.13. The van der Waals surface area contributed by atoms with Crippen LogP contribution in [0.15, 0.2) is 210 Å². The van der Waals surface area contributed by atoms with Crippen LogP contribution in [0.3, 0.4) is 0 Å². The summed E-state index contributed by atoms with van der Waals surface area (Å²) in [6, 6.07) is 63.6. The molecule has 8 aromatic carbocycles. The minimum Gasteiger partial charge on any atom is -0.456 e. The zero-order valence-corrected chi connectivity index (χ0v) is 30.8. The minimum absolute atomic E-state index is 0.431. The van der Waals surface area contributed by atoms with E-state index in [0.29, 0.717) is 11.2 Å². The summed E-state index contributed by atoms with van der Waals surface area (Å²) in [6.45, 7) is 0. The van der Waals surface area contributed by atoms with E-state index >= 15 is 0 Å². The summed E-state index contributed by atoms with van der Waals surface area (Å²) >= 11 is 1.99. The second-order valence-electron chi connectivity index (χ2n) is 14.4. The first kappa shape index (κ1) is 31.9. The molecule has 0 radical (unpaired) electrons. The van der Waals surface area contributed by atoms with Crippen molar-refractivity contribution in [3.8, 4) is 33.4 Å². The summed E-state index contributed by atoms with van der Waals surface area (Å²) in [7, 11) is 0.